The van der Waals surface area contributed by atoms with Gasteiger partial charge in [-0.1, -0.05) is 51.0 Å². The largest absolute Gasteiger partial charge is 0.496 e. The number of nitrogens with one attached hydrogen (secondary N) is 3. The molecule has 0 unspecified atom stereocenters. The third kappa shape index (κ3) is 8.81. The molecule has 1 saturated heterocycles. The first-order chi connectivity index (χ1) is 29.3. The van der Waals surface area contributed by atoms with Crippen LogP contribution in [0.5, 0.6) is 11.5 Å². The number of amides is 3. The number of carbonyl (C=O) groups excluding carboxylic acids is 3. The van der Waals surface area contributed by atoms with E-state index < -0.39 is 56.7 Å². The van der Waals surface area contributed by atoms with Gasteiger partial charge in [-0.2, -0.15) is 0 Å². The summed E-state index contributed by atoms with van der Waals surface area (Å²) in [7, 11) is -2.29. The van der Waals surface area contributed by atoms with E-state index in [0.29, 0.717) is 53.3 Å². The fourth-order valence-corrected chi connectivity index (χ4v) is 10.7. The molecule has 320 valence electrons. The van der Waals surface area contributed by atoms with Crippen LogP contribution in [0.15, 0.2) is 60.0 Å². The average Bonchev–Trinajstić information content (AvgIpc) is 4.12. The molecule has 2 aliphatic heterocycles. The highest BCUT2D eigenvalue weighted by Gasteiger charge is 2.62. The molecule has 4 heterocycles. The first-order valence-electron chi connectivity index (χ1n) is 21.0. The zero-order chi connectivity index (χ0) is 43.1. The Morgan fingerprint density at radius 3 is 2.64 bits per heavy atom. The van der Waals surface area contributed by atoms with E-state index in [1.54, 1.807) is 25.3 Å². The molecule has 14 nitrogen and oxygen atoms in total. The maximum Gasteiger partial charge on any atom is 0.259 e. The number of methoxy groups -OCH3 is 1. The Morgan fingerprint density at radius 1 is 1.08 bits per heavy atom. The monoisotopic (exact) mass is 865 g/mol. The summed E-state index contributed by atoms with van der Waals surface area (Å²) in [6, 6.07) is 10.8. The summed E-state index contributed by atoms with van der Waals surface area (Å²) in [6.45, 7) is 13.7. The Kier molecular flexibility index (Phi) is 11.8. The van der Waals surface area contributed by atoms with Crippen LogP contribution in [0.1, 0.15) is 88.8 Å². The predicted molar refractivity (Wildman–Crippen MR) is 234 cm³/mol. The molecule has 0 bridgehead atoms. The van der Waals surface area contributed by atoms with Crippen LogP contribution >= 0.6 is 11.3 Å². The highest BCUT2D eigenvalue weighted by molar-refractivity contribution is 7.91. The summed E-state index contributed by atoms with van der Waals surface area (Å²) >= 11 is 1.49. The average molecular weight is 866 g/mol. The smallest absolute Gasteiger partial charge is 0.259 e. The summed E-state index contributed by atoms with van der Waals surface area (Å²) < 4.78 is 40.8. The Hall–Kier alpha value is -5.53. The lowest BCUT2D eigenvalue weighted by Crippen LogP contribution is -2.57. The lowest BCUT2D eigenvalue weighted by molar-refractivity contribution is -0.140. The Labute approximate surface area is 360 Å². The number of carbonyl (C=O) groups is 3. The van der Waals surface area contributed by atoms with Crippen molar-refractivity contribution in [1.29, 1.82) is 0 Å². The maximum absolute atomic E-state index is 14.9. The van der Waals surface area contributed by atoms with Gasteiger partial charge in [-0.25, -0.2) is 23.2 Å². The fourth-order valence-electron chi connectivity index (χ4n) is 8.37. The van der Waals surface area contributed by atoms with E-state index in [2.05, 4.69) is 34.0 Å². The number of pyridine rings is 1. The lowest BCUT2D eigenvalue weighted by Gasteiger charge is -2.30. The van der Waals surface area contributed by atoms with Crippen molar-refractivity contribution in [3.8, 4) is 22.2 Å². The van der Waals surface area contributed by atoms with Crippen molar-refractivity contribution >= 4 is 61.4 Å². The second-order valence-corrected chi connectivity index (χ2v) is 19.7. The molecule has 3 N–H and O–H groups in total. The zero-order valence-electron chi connectivity index (χ0n) is 34.8. The van der Waals surface area contributed by atoms with Gasteiger partial charge < -0.3 is 25.0 Å². The number of thiazole rings is 1. The number of benzene rings is 2. The van der Waals surface area contributed by atoms with Crippen molar-refractivity contribution in [2.24, 2.45) is 5.92 Å². The summed E-state index contributed by atoms with van der Waals surface area (Å²) in [6.07, 6.45) is 8.11. The van der Waals surface area contributed by atoms with Crippen LogP contribution in [-0.2, 0) is 24.4 Å². The van der Waals surface area contributed by atoms with Crippen LogP contribution in [0, 0.1) is 19.4 Å². The number of nitrogens with zero attached hydrogens (tertiary/aromatic N) is 4. The Morgan fingerprint density at radius 2 is 1.90 bits per heavy atom. The molecule has 2 aromatic carbocycles. The number of anilines is 1. The normalized spacial score (nSPS) is 25.0. The number of fused-ring (bicyclic) bond motifs is 3. The van der Waals surface area contributed by atoms with Crippen LogP contribution in [0.25, 0.3) is 26.4 Å². The number of rotatable bonds is 10. The summed E-state index contributed by atoms with van der Waals surface area (Å²) in [5.74, 6) is -0.675. The minimum Gasteiger partial charge on any atom is -0.496 e. The third-order valence-corrected chi connectivity index (χ3v) is 14.9. The van der Waals surface area contributed by atoms with Crippen molar-refractivity contribution in [1.82, 2.24) is 24.9 Å². The highest BCUT2D eigenvalue weighted by atomic mass is 32.2. The van der Waals surface area contributed by atoms with Crippen molar-refractivity contribution in [2.75, 3.05) is 19.0 Å². The van der Waals surface area contributed by atoms with Crippen molar-refractivity contribution in [3.63, 3.8) is 0 Å². The number of allylic oxidation sites excluding steroid dienone is 1. The number of aryl methyl sites for hydroxylation is 1. The molecule has 4 aliphatic rings. The van der Waals surface area contributed by atoms with Gasteiger partial charge in [0.15, 0.2) is 5.69 Å². The van der Waals surface area contributed by atoms with Crippen molar-refractivity contribution < 1.29 is 32.3 Å². The second kappa shape index (κ2) is 17.1. The van der Waals surface area contributed by atoms with E-state index in [-0.39, 0.29) is 31.2 Å². The van der Waals surface area contributed by atoms with E-state index in [4.69, 9.17) is 26.0 Å². The minimum absolute atomic E-state index is 0.0544. The van der Waals surface area contributed by atoms with E-state index in [1.165, 1.54) is 16.2 Å². The van der Waals surface area contributed by atoms with E-state index >= 15 is 0 Å². The number of sulfonamides is 1. The van der Waals surface area contributed by atoms with E-state index in [9.17, 15) is 22.8 Å². The molecular formula is C45H51N7O7S2. The summed E-state index contributed by atoms with van der Waals surface area (Å²) in [5, 5.41) is 9.19. The van der Waals surface area contributed by atoms with Gasteiger partial charge in [0.2, 0.25) is 21.8 Å². The first-order valence-corrected chi connectivity index (χ1v) is 23.4. The summed E-state index contributed by atoms with van der Waals surface area (Å²) in [5.41, 5.74) is 2.60. The van der Waals surface area contributed by atoms with Gasteiger partial charge in [0.1, 0.15) is 45.9 Å². The standard InChI is InChI=1S/C45H51N7O7S2/c1-26(2)36-25-60-42(49-36)35-22-39(33-18-19-38(58-5)27(3)40(33)48-35)59-31-21-37-41(53)50-45(44(55)51-61(56,57)32-16-17-32)23-28(45)12-9-7-6-8-10-15-34(43(54)52(37)24-31)47-30-14-11-13-29(20-30)46-4/h9,11-14,18-20,22,25-26,28,31-32,34,37,47H,6-8,10,15-17,21,23-24H2,1-3,5H3,(H,50,53)(H,51,55)/b12-9-/t28-,31+,34-,37-,45+/m0/s1. The zero-order valence-corrected chi connectivity index (χ0v) is 36.4. The number of ether oxygens (including phenoxy) is 2. The molecule has 8 rings (SSSR count). The third-order valence-electron chi connectivity index (χ3n) is 12.2. The molecule has 3 fully saturated rings. The van der Waals surface area contributed by atoms with Gasteiger partial charge in [0, 0.05) is 40.4 Å². The highest BCUT2D eigenvalue weighted by Crippen LogP contribution is 2.46. The van der Waals surface area contributed by atoms with Crippen LogP contribution < -0.4 is 24.8 Å². The first kappa shape index (κ1) is 42.2. The summed E-state index contributed by atoms with van der Waals surface area (Å²) in [4.78, 5) is 58.5. The number of hydrogen-bond donors (Lipinski definition) is 3. The molecule has 2 saturated carbocycles. The Balaban J connectivity index is 1.16. The van der Waals surface area contributed by atoms with Crippen LogP contribution in [0.2, 0.25) is 0 Å². The van der Waals surface area contributed by atoms with Gasteiger partial charge in [-0.15, -0.1) is 11.3 Å². The molecule has 4 aromatic rings. The lowest BCUT2D eigenvalue weighted by atomic mass is 10.0. The predicted octanol–water partition coefficient (Wildman–Crippen LogP) is 7.18. The number of aromatic nitrogens is 2. The van der Waals surface area contributed by atoms with Gasteiger partial charge in [0.05, 0.1) is 36.7 Å². The van der Waals surface area contributed by atoms with Crippen molar-refractivity contribution in [2.45, 2.75) is 113 Å². The SMILES string of the molecule is [C-]#[N+]c1cccc(N[C@H]2CCCCC/C=C\[C@H]3C[C@@]3(C(=O)NS(=O)(=O)C3CC3)NC(=O)[C@@H]3C[C@@H](Oc4cc(-c5nc(C(C)C)cs5)nc5c(C)c(OC)ccc45)CN3C2=O)c1. The quantitative estimate of drug-likeness (QED) is 0.110. The topological polar surface area (TPSA) is 173 Å². The molecule has 3 amide bonds. The van der Waals surface area contributed by atoms with Crippen LogP contribution in [-0.4, -0.2) is 83.6 Å². The van der Waals surface area contributed by atoms with Gasteiger partial charge >= 0.3 is 0 Å². The van der Waals surface area contributed by atoms with Crippen LogP contribution in [0.3, 0.4) is 0 Å². The molecule has 5 atom stereocenters. The number of hydrogen-bond acceptors (Lipinski definition) is 11. The molecule has 2 aromatic heterocycles. The molecule has 0 radical (unpaired) electrons. The van der Waals surface area contributed by atoms with E-state index in [0.717, 1.165) is 47.3 Å². The molecule has 61 heavy (non-hydrogen) atoms. The molecular weight excluding hydrogens is 815 g/mol. The molecule has 16 heteroatoms. The Bertz CT molecular complexity index is 2550. The van der Waals surface area contributed by atoms with Crippen LogP contribution in [0.4, 0.5) is 11.4 Å². The molecule has 0 spiro atoms. The van der Waals surface area contributed by atoms with Gasteiger partial charge in [0.25, 0.3) is 5.91 Å². The maximum atomic E-state index is 14.9. The fraction of sp³-hybridized carbons (Fsp3) is 0.467. The van der Waals surface area contributed by atoms with Gasteiger partial charge in [-0.05, 0) is 75.6 Å². The van der Waals surface area contributed by atoms with Gasteiger partial charge in [-0.3, -0.25) is 19.1 Å². The minimum atomic E-state index is -3.90. The van der Waals surface area contributed by atoms with Crippen molar-refractivity contribution in [3.05, 3.63) is 82.7 Å². The second-order valence-electron chi connectivity index (χ2n) is 16.9. The molecule has 2 aliphatic carbocycles. The van der Waals surface area contributed by atoms with E-state index in [1.807, 2.05) is 48.7 Å².